The number of carbonyl (C=O) groups excluding carboxylic acids is 1. The van der Waals surface area contributed by atoms with E-state index < -0.39 is 10.0 Å². The van der Waals surface area contributed by atoms with E-state index >= 15 is 0 Å². The molecule has 31 heavy (non-hydrogen) atoms. The van der Waals surface area contributed by atoms with Crippen molar-refractivity contribution in [1.82, 2.24) is 9.59 Å². The van der Waals surface area contributed by atoms with E-state index in [1.165, 1.54) is 12.1 Å². The minimum absolute atomic E-state index is 0.0684. The van der Waals surface area contributed by atoms with Crippen LogP contribution < -0.4 is 19.5 Å². The smallest absolute Gasteiger partial charge is 0.269 e. The van der Waals surface area contributed by atoms with Crippen LogP contribution in [-0.4, -0.2) is 37.1 Å². The zero-order valence-corrected chi connectivity index (χ0v) is 18.3. The van der Waals surface area contributed by atoms with Crippen LogP contribution in [-0.2, 0) is 16.4 Å². The molecule has 0 bridgehead atoms. The molecule has 4 rings (SSSR count). The van der Waals surface area contributed by atoms with Gasteiger partial charge in [-0.2, -0.15) is 0 Å². The number of amides is 1. The van der Waals surface area contributed by atoms with Gasteiger partial charge < -0.3 is 14.8 Å². The number of aromatic nitrogens is 2. The molecule has 0 fully saturated rings. The number of aryl methyl sites for hydroxylation is 1. The lowest BCUT2D eigenvalue weighted by Gasteiger charge is -2.12. The molecule has 9 nitrogen and oxygen atoms in total. The first-order chi connectivity index (χ1) is 15.0. The first-order valence-corrected chi connectivity index (χ1v) is 11.9. The van der Waals surface area contributed by atoms with Crippen molar-refractivity contribution in [2.45, 2.75) is 24.7 Å². The van der Waals surface area contributed by atoms with E-state index in [0.717, 1.165) is 18.0 Å². The maximum atomic E-state index is 12.8. The second-order valence-electron chi connectivity index (χ2n) is 6.70. The number of carbonyl (C=O) groups is 1. The predicted octanol–water partition coefficient (Wildman–Crippen LogP) is 3.31. The molecule has 0 atom stereocenters. The normalized spacial score (nSPS) is 13.3. The van der Waals surface area contributed by atoms with E-state index in [1.54, 1.807) is 30.3 Å². The van der Waals surface area contributed by atoms with Gasteiger partial charge in [0.2, 0.25) is 0 Å². The Bertz CT molecular complexity index is 1190. The van der Waals surface area contributed by atoms with Gasteiger partial charge in [-0.3, -0.25) is 9.52 Å². The van der Waals surface area contributed by atoms with Crippen LogP contribution in [0, 0.1) is 0 Å². The molecule has 162 valence electrons. The van der Waals surface area contributed by atoms with E-state index in [-0.39, 0.29) is 10.8 Å². The maximum absolute atomic E-state index is 12.8. The van der Waals surface area contributed by atoms with Crippen molar-refractivity contribution in [3.63, 3.8) is 0 Å². The number of ether oxygens (including phenoxy) is 2. The summed E-state index contributed by atoms with van der Waals surface area (Å²) >= 11 is 1.04. The van der Waals surface area contributed by atoms with Crippen LogP contribution in [0.1, 0.15) is 28.7 Å². The van der Waals surface area contributed by atoms with Crippen LogP contribution in [0.5, 0.6) is 11.5 Å². The number of benzene rings is 2. The molecule has 1 aromatic heterocycles. The number of anilines is 2. The third kappa shape index (κ3) is 4.78. The van der Waals surface area contributed by atoms with E-state index in [2.05, 4.69) is 19.6 Å². The lowest BCUT2D eigenvalue weighted by molar-refractivity contribution is 0.102. The van der Waals surface area contributed by atoms with Crippen LogP contribution in [0.25, 0.3) is 0 Å². The van der Waals surface area contributed by atoms with Crippen LogP contribution in [0.4, 0.5) is 11.4 Å². The highest BCUT2D eigenvalue weighted by molar-refractivity contribution is 7.92. The molecule has 0 radical (unpaired) electrons. The fourth-order valence-corrected chi connectivity index (χ4v) is 4.67. The number of hydrogen-bond donors (Lipinski definition) is 2. The van der Waals surface area contributed by atoms with Gasteiger partial charge in [0.25, 0.3) is 15.9 Å². The van der Waals surface area contributed by atoms with Gasteiger partial charge in [-0.15, -0.1) is 5.10 Å². The molecule has 1 amide bonds. The molecule has 1 aliphatic rings. The summed E-state index contributed by atoms with van der Waals surface area (Å²) in [5, 5.41) is 6.69. The van der Waals surface area contributed by atoms with Crippen molar-refractivity contribution in [2.24, 2.45) is 0 Å². The Morgan fingerprint density at radius 3 is 2.52 bits per heavy atom. The summed E-state index contributed by atoms with van der Waals surface area (Å²) in [6, 6.07) is 10.9. The van der Waals surface area contributed by atoms with Crippen molar-refractivity contribution < 1.29 is 22.7 Å². The Morgan fingerprint density at radius 2 is 1.77 bits per heavy atom. The fraction of sp³-hybridized carbons (Fsp3) is 0.250. The molecular formula is C20H20N4O5S2. The summed E-state index contributed by atoms with van der Waals surface area (Å²) in [5.41, 5.74) is 1.53. The predicted molar refractivity (Wildman–Crippen MR) is 117 cm³/mol. The van der Waals surface area contributed by atoms with Crippen LogP contribution >= 0.6 is 11.5 Å². The maximum Gasteiger partial charge on any atom is 0.269 e. The SMILES string of the molecule is CCc1nnsc1C(=O)Nc1ccc(NS(=O)(=O)c2ccc3c(c2)OCCCO3)cc1. The fourth-order valence-electron chi connectivity index (χ4n) is 2.95. The van der Waals surface area contributed by atoms with Crippen LogP contribution in [0.3, 0.4) is 0 Å². The van der Waals surface area contributed by atoms with E-state index in [0.29, 0.717) is 53.1 Å². The van der Waals surface area contributed by atoms with Gasteiger partial charge in [0.05, 0.1) is 23.8 Å². The number of hydrogen-bond acceptors (Lipinski definition) is 8. The van der Waals surface area contributed by atoms with Gasteiger partial charge >= 0.3 is 0 Å². The van der Waals surface area contributed by atoms with Gasteiger partial charge in [0, 0.05) is 23.9 Å². The molecule has 0 unspecified atom stereocenters. The average molecular weight is 461 g/mol. The first kappa shape index (κ1) is 21.1. The molecule has 1 aliphatic heterocycles. The lowest BCUT2D eigenvalue weighted by atomic mass is 10.2. The topological polar surface area (TPSA) is 120 Å². The molecule has 2 heterocycles. The average Bonchev–Trinajstić information content (AvgIpc) is 3.12. The Kier molecular flexibility index (Phi) is 6.05. The first-order valence-electron chi connectivity index (χ1n) is 9.61. The Hall–Kier alpha value is -3.18. The summed E-state index contributed by atoms with van der Waals surface area (Å²) in [4.78, 5) is 12.9. The number of rotatable bonds is 6. The van der Waals surface area contributed by atoms with Crippen molar-refractivity contribution in [3.8, 4) is 11.5 Å². The molecule has 0 saturated heterocycles. The molecule has 2 N–H and O–H groups in total. The summed E-state index contributed by atoms with van der Waals surface area (Å²) in [7, 11) is -3.83. The highest BCUT2D eigenvalue weighted by Gasteiger charge is 2.19. The minimum atomic E-state index is -3.83. The number of nitrogens with zero attached hydrogens (tertiary/aromatic N) is 2. The number of sulfonamides is 1. The zero-order chi connectivity index (χ0) is 21.8. The highest BCUT2D eigenvalue weighted by atomic mass is 32.2. The Morgan fingerprint density at radius 1 is 1.06 bits per heavy atom. The van der Waals surface area contributed by atoms with Crippen molar-refractivity contribution in [3.05, 3.63) is 53.0 Å². The van der Waals surface area contributed by atoms with Gasteiger partial charge in [-0.05, 0) is 54.4 Å². The van der Waals surface area contributed by atoms with E-state index in [9.17, 15) is 13.2 Å². The quantitative estimate of drug-likeness (QED) is 0.579. The highest BCUT2D eigenvalue weighted by Crippen LogP contribution is 2.32. The number of fused-ring (bicyclic) bond motifs is 1. The summed E-state index contributed by atoms with van der Waals surface area (Å²) in [6.07, 6.45) is 1.34. The van der Waals surface area contributed by atoms with Gasteiger partial charge in [-0.25, -0.2) is 8.42 Å². The molecule has 0 spiro atoms. The second kappa shape index (κ2) is 8.90. The van der Waals surface area contributed by atoms with Crippen molar-refractivity contribution >= 4 is 38.8 Å². The largest absolute Gasteiger partial charge is 0.490 e. The molecule has 0 aliphatic carbocycles. The molecule has 11 heteroatoms. The standard InChI is InChI=1S/C20H20N4O5S2/c1-2-16-19(30-24-22-16)20(25)21-13-4-6-14(7-5-13)23-31(26,27)15-8-9-17-18(12-15)29-11-3-10-28-17/h4-9,12,23H,2-3,10-11H2,1H3,(H,21,25). The van der Waals surface area contributed by atoms with E-state index in [1.807, 2.05) is 6.92 Å². The van der Waals surface area contributed by atoms with Gasteiger partial charge in [0.1, 0.15) is 4.88 Å². The van der Waals surface area contributed by atoms with Crippen LogP contribution in [0.2, 0.25) is 0 Å². The molecular weight excluding hydrogens is 440 g/mol. The summed E-state index contributed by atoms with van der Waals surface area (Å²) in [6.45, 7) is 2.89. The van der Waals surface area contributed by atoms with Crippen LogP contribution in [0.15, 0.2) is 47.4 Å². The lowest BCUT2D eigenvalue weighted by Crippen LogP contribution is -2.14. The second-order valence-corrected chi connectivity index (χ2v) is 9.13. The molecule has 3 aromatic rings. The van der Waals surface area contributed by atoms with Gasteiger partial charge in [0.15, 0.2) is 11.5 Å². The third-order valence-electron chi connectivity index (χ3n) is 4.52. The molecule has 2 aromatic carbocycles. The van der Waals surface area contributed by atoms with Crippen molar-refractivity contribution in [1.29, 1.82) is 0 Å². The van der Waals surface area contributed by atoms with Gasteiger partial charge in [-0.1, -0.05) is 11.4 Å². The van der Waals surface area contributed by atoms with Crippen molar-refractivity contribution in [2.75, 3.05) is 23.3 Å². The summed E-state index contributed by atoms with van der Waals surface area (Å²) < 4.78 is 43.0. The minimum Gasteiger partial charge on any atom is -0.490 e. The van der Waals surface area contributed by atoms with E-state index in [4.69, 9.17) is 9.47 Å². The summed E-state index contributed by atoms with van der Waals surface area (Å²) in [5.74, 6) is 0.633. The Labute approximate surface area is 183 Å². The monoisotopic (exact) mass is 460 g/mol. The third-order valence-corrected chi connectivity index (χ3v) is 6.67. The Balaban J connectivity index is 1.46. The zero-order valence-electron chi connectivity index (χ0n) is 16.6. The molecule has 0 saturated carbocycles. The number of nitrogens with one attached hydrogen (secondary N) is 2.